The van der Waals surface area contributed by atoms with Gasteiger partial charge in [0.25, 0.3) is 0 Å². The number of thioether (sulfide) groups is 1. The highest BCUT2D eigenvalue weighted by molar-refractivity contribution is 7.99. The quantitative estimate of drug-likeness (QED) is 0.746. The number of rotatable bonds is 5. The van der Waals surface area contributed by atoms with E-state index in [1.54, 1.807) is 11.8 Å². The van der Waals surface area contributed by atoms with Gasteiger partial charge in [-0.3, -0.25) is 9.59 Å². The van der Waals surface area contributed by atoms with Crippen molar-refractivity contribution < 1.29 is 14.7 Å². The van der Waals surface area contributed by atoms with Crippen LogP contribution < -0.4 is 5.73 Å². The maximum Gasteiger partial charge on any atom is 0.306 e. The number of aliphatic carboxylic acids is 1. The largest absolute Gasteiger partial charge is 0.481 e. The van der Waals surface area contributed by atoms with Crippen molar-refractivity contribution in [3.8, 4) is 0 Å². The van der Waals surface area contributed by atoms with E-state index in [0.717, 1.165) is 31.4 Å². The Morgan fingerprint density at radius 3 is 2.33 bits per heavy atom. The van der Waals surface area contributed by atoms with Crippen LogP contribution in [0.3, 0.4) is 0 Å². The van der Waals surface area contributed by atoms with Crippen LogP contribution in [0.2, 0.25) is 0 Å². The van der Waals surface area contributed by atoms with Crippen molar-refractivity contribution in [2.24, 2.45) is 11.7 Å². The van der Waals surface area contributed by atoms with Gasteiger partial charge in [0.05, 0.1) is 5.92 Å². The molecule has 1 amide bonds. The first-order valence-electron chi connectivity index (χ1n) is 5.22. The molecule has 0 bridgehead atoms. The molecule has 0 aromatic heterocycles. The minimum Gasteiger partial charge on any atom is -0.481 e. The molecule has 4 nitrogen and oxygen atoms in total. The van der Waals surface area contributed by atoms with Crippen LogP contribution in [0.5, 0.6) is 0 Å². The zero-order chi connectivity index (χ0) is 11.3. The molecule has 0 spiro atoms. The fraction of sp³-hybridized carbons (Fsp3) is 0.800. The molecule has 0 heterocycles. The van der Waals surface area contributed by atoms with Gasteiger partial charge in [0, 0.05) is 17.4 Å². The number of carboxylic acid groups (broad SMARTS) is 1. The Bertz CT molecular complexity index is 234. The zero-order valence-electron chi connectivity index (χ0n) is 8.65. The van der Waals surface area contributed by atoms with Crippen molar-refractivity contribution in [1.82, 2.24) is 0 Å². The molecule has 1 aliphatic rings. The van der Waals surface area contributed by atoms with Crippen LogP contribution in [0, 0.1) is 5.92 Å². The molecule has 0 saturated heterocycles. The summed E-state index contributed by atoms with van der Waals surface area (Å²) >= 11 is 1.75. The Labute approximate surface area is 93.6 Å². The molecule has 1 saturated carbocycles. The molecule has 3 N–H and O–H groups in total. The number of carbonyl (C=O) groups excluding carboxylic acids is 1. The van der Waals surface area contributed by atoms with Crippen LogP contribution in [0.15, 0.2) is 0 Å². The van der Waals surface area contributed by atoms with E-state index in [4.69, 9.17) is 10.8 Å². The first-order chi connectivity index (χ1) is 7.09. The Balaban J connectivity index is 2.14. The average Bonchev–Trinajstić information content (AvgIpc) is 2.18. The lowest BCUT2D eigenvalue weighted by molar-refractivity contribution is -0.142. The van der Waals surface area contributed by atoms with E-state index in [1.807, 2.05) is 0 Å². The number of hydrogen-bond donors (Lipinski definition) is 2. The summed E-state index contributed by atoms with van der Waals surface area (Å²) in [5.41, 5.74) is 5.04. The van der Waals surface area contributed by atoms with E-state index in [-0.39, 0.29) is 11.8 Å². The van der Waals surface area contributed by atoms with E-state index >= 15 is 0 Å². The molecule has 0 radical (unpaired) electrons. The highest BCUT2D eigenvalue weighted by Crippen LogP contribution is 2.32. The molecule has 0 aromatic carbocycles. The number of amides is 1. The Morgan fingerprint density at radius 2 is 1.87 bits per heavy atom. The molecule has 1 rings (SSSR count). The van der Waals surface area contributed by atoms with Gasteiger partial charge >= 0.3 is 5.97 Å². The molecule has 86 valence electrons. The molecule has 0 unspecified atom stereocenters. The summed E-state index contributed by atoms with van der Waals surface area (Å²) in [4.78, 5) is 21.2. The predicted octanol–water partition coefficient (Wildman–Crippen LogP) is 1.24. The Morgan fingerprint density at radius 1 is 1.27 bits per heavy atom. The molecule has 15 heavy (non-hydrogen) atoms. The van der Waals surface area contributed by atoms with Crippen LogP contribution in [-0.2, 0) is 9.59 Å². The van der Waals surface area contributed by atoms with Gasteiger partial charge < -0.3 is 10.8 Å². The first kappa shape index (κ1) is 12.4. The number of carbonyl (C=O) groups is 2. The maximum absolute atomic E-state index is 10.7. The van der Waals surface area contributed by atoms with Gasteiger partial charge in [-0.1, -0.05) is 0 Å². The molecular weight excluding hydrogens is 214 g/mol. The lowest BCUT2D eigenvalue weighted by Crippen LogP contribution is -2.23. The number of primary amides is 1. The number of hydrogen-bond acceptors (Lipinski definition) is 3. The first-order valence-corrected chi connectivity index (χ1v) is 6.27. The van der Waals surface area contributed by atoms with E-state index in [1.165, 1.54) is 0 Å². The molecule has 0 aliphatic heterocycles. The molecule has 5 heteroatoms. The van der Waals surface area contributed by atoms with Crippen molar-refractivity contribution in [1.29, 1.82) is 0 Å². The van der Waals surface area contributed by atoms with Gasteiger partial charge in [-0.25, -0.2) is 0 Å². The smallest absolute Gasteiger partial charge is 0.306 e. The monoisotopic (exact) mass is 231 g/mol. The van der Waals surface area contributed by atoms with Gasteiger partial charge in [-0.05, 0) is 25.7 Å². The molecule has 1 aliphatic carbocycles. The second kappa shape index (κ2) is 6.00. The van der Waals surface area contributed by atoms with Crippen molar-refractivity contribution in [2.45, 2.75) is 37.4 Å². The van der Waals surface area contributed by atoms with Gasteiger partial charge in [-0.2, -0.15) is 11.8 Å². The van der Waals surface area contributed by atoms with Crippen LogP contribution >= 0.6 is 11.8 Å². The van der Waals surface area contributed by atoms with Gasteiger partial charge in [-0.15, -0.1) is 0 Å². The third-order valence-corrected chi connectivity index (χ3v) is 4.11. The summed E-state index contributed by atoms with van der Waals surface area (Å²) in [6.07, 6.45) is 3.84. The summed E-state index contributed by atoms with van der Waals surface area (Å²) in [6, 6.07) is 0. The topological polar surface area (TPSA) is 80.4 Å². The van der Waals surface area contributed by atoms with Crippen LogP contribution in [0.1, 0.15) is 32.1 Å². The highest BCUT2D eigenvalue weighted by atomic mass is 32.2. The minimum absolute atomic E-state index is 0.155. The second-order valence-corrected chi connectivity index (χ2v) is 5.31. The Hall–Kier alpha value is -0.710. The standard InChI is InChI=1S/C10H17NO3S/c11-9(12)5-6-15-8-3-1-7(2-4-8)10(13)14/h7-8H,1-6H2,(H2,11,12)(H,13,14). The van der Waals surface area contributed by atoms with Crippen molar-refractivity contribution in [3.05, 3.63) is 0 Å². The normalized spacial score (nSPS) is 26.1. The summed E-state index contributed by atoms with van der Waals surface area (Å²) in [6.45, 7) is 0. The number of nitrogens with two attached hydrogens (primary N) is 1. The van der Waals surface area contributed by atoms with Crippen molar-refractivity contribution in [3.63, 3.8) is 0 Å². The summed E-state index contributed by atoms with van der Waals surface area (Å²) in [5.74, 6) is -0.326. The molecule has 0 atom stereocenters. The average molecular weight is 231 g/mol. The summed E-state index contributed by atoms with van der Waals surface area (Å²) < 4.78 is 0. The van der Waals surface area contributed by atoms with E-state index in [9.17, 15) is 9.59 Å². The van der Waals surface area contributed by atoms with E-state index in [2.05, 4.69) is 0 Å². The van der Waals surface area contributed by atoms with Crippen LogP contribution in [-0.4, -0.2) is 28.0 Å². The van der Waals surface area contributed by atoms with E-state index in [0.29, 0.717) is 11.7 Å². The SMILES string of the molecule is NC(=O)CCSC1CCC(C(=O)O)CC1. The predicted molar refractivity (Wildman–Crippen MR) is 59.7 cm³/mol. The summed E-state index contributed by atoms with van der Waals surface area (Å²) in [5, 5.41) is 9.32. The Kier molecular flexibility index (Phi) is 4.94. The molecule has 1 fully saturated rings. The van der Waals surface area contributed by atoms with Crippen LogP contribution in [0.25, 0.3) is 0 Å². The van der Waals surface area contributed by atoms with Crippen molar-refractivity contribution in [2.75, 3.05) is 5.75 Å². The van der Waals surface area contributed by atoms with Crippen molar-refractivity contribution >= 4 is 23.6 Å². The van der Waals surface area contributed by atoms with Gasteiger partial charge in [0.2, 0.25) is 5.91 Å². The van der Waals surface area contributed by atoms with Crippen LogP contribution in [0.4, 0.5) is 0 Å². The molecule has 0 aromatic rings. The fourth-order valence-electron chi connectivity index (χ4n) is 1.80. The third kappa shape index (κ3) is 4.55. The third-order valence-electron chi connectivity index (χ3n) is 2.73. The number of carboxylic acids is 1. The highest BCUT2D eigenvalue weighted by Gasteiger charge is 2.25. The molecular formula is C10H17NO3S. The minimum atomic E-state index is -0.671. The van der Waals surface area contributed by atoms with Gasteiger partial charge in [0.1, 0.15) is 0 Å². The zero-order valence-corrected chi connectivity index (χ0v) is 9.46. The lowest BCUT2D eigenvalue weighted by Gasteiger charge is -2.25. The van der Waals surface area contributed by atoms with Gasteiger partial charge in [0.15, 0.2) is 0 Å². The maximum atomic E-state index is 10.7. The second-order valence-electron chi connectivity index (χ2n) is 3.90. The summed E-state index contributed by atoms with van der Waals surface area (Å²) in [7, 11) is 0. The fourth-order valence-corrected chi connectivity index (χ4v) is 3.06. The van der Waals surface area contributed by atoms with E-state index < -0.39 is 5.97 Å². The lowest BCUT2D eigenvalue weighted by atomic mass is 9.89.